The molecular weight excluding hydrogens is 276 g/mol. The van der Waals surface area contributed by atoms with Crippen molar-refractivity contribution in [1.82, 2.24) is 0 Å². The smallest absolute Gasteiger partial charge is 0.139 e. The number of allylic oxidation sites excluding steroid dienone is 2. The first-order valence-electron chi connectivity index (χ1n) is 8.88. The Morgan fingerprint density at radius 3 is 2.90 bits per heavy atom. The molecule has 7 atom stereocenters. The molecule has 1 nitrogen and oxygen atoms in total. The molecule has 0 aromatic heterocycles. The fraction of sp³-hybridized carbons (Fsp3) is 0.842. The minimum absolute atomic E-state index is 0.0456. The highest BCUT2D eigenvalue weighted by molar-refractivity contribution is 7.99. The second-order valence-corrected chi connectivity index (χ2v) is 9.63. The third-order valence-electron chi connectivity index (χ3n) is 7.22. The van der Waals surface area contributed by atoms with Crippen LogP contribution in [0.25, 0.3) is 0 Å². The Morgan fingerprint density at radius 1 is 1.29 bits per heavy atom. The molecule has 7 unspecified atom stereocenters. The van der Waals surface area contributed by atoms with Crippen molar-refractivity contribution in [2.24, 2.45) is 35.0 Å². The van der Waals surface area contributed by atoms with Gasteiger partial charge in [0, 0.05) is 17.1 Å². The van der Waals surface area contributed by atoms with Crippen molar-refractivity contribution in [3.05, 3.63) is 11.6 Å². The zero-order valence-corrected chi connectivity index (χ0v) is 14.4. The summed E-state index contributed by atoms with van der Waals surface area (Å²) in [5, 5.41) is 0.838. The Morgan fingerprint density at radius 2 is 2.10 bits per heavy atom. The minimum Gasteiger partial charge on any atom is -0.299 e. The quantitative estimate of drug-likeness (QED) is 0.603. The first-order chi connectivity index (χ1) is 10.0. The molecule has 0 aromatic carbocycles. The summed E-state index contributed by atoms with van der Waals surface area (Å²) >= 11 is 2.21. The highest BCUT2D eigenvalue weighted by Gasteiger charge is 2.60. The molecule has 0 spiro atoms. The van der Waals surface area contributed by atoms with Gasteiger partial charge in [-0.05, 0) is 61.0 Å². The Bertz CT molecular complexity index is 496. The first kappa shape index (κ1) is 14.4. The molecule has 3 fully saturated rings. The average molecular weight is 304 g/mol. The predicted molar refractivity (Wildman–Crippen MR) is 89.3 cm³/mol. The van der Waals surface area contributed by atoms with Crippen molar-refractivity contribution in [1.29, 1.82) is 0 Å². The van der Waals surface area contributed by atoms with E-state index in [-0.39, 0.29) is 5.41 Å². The van der Waals surface area contributed by atoms with Gasteiger partial charge in [0.25, 0.3) is 0 Å². The van der Waals surface area contributed by atoms with Crippen molar-refractivity contribution >= 4 is 17.5 Å². The van der Waals surface area contributed by atoms with Gasteiger partial charge in [0.1, 0.15) is 5.78 Å². The van der Waals surface area contributed by atoms with E-state index >= 15 is 0 Å². The van der Waals surface area contributed by atoms with Crippen LogP contribution >= 0.6 is 11.8 Å². The summed E-state index contributed by atoms with van der Waals surface area (Å²) in [6.07, 6.45) is 8.66. The number of carbonyl (C=O) groups excluding carboxylic acids is 1. The highest BCUT2D eigenvalue weighted by Crippen LogP contribution is 2.62. The third kappa shape index (κ3) is 1.87. The first-order valence-corrected chi connectivity index (χ1v) is 9.93. The number of ketones is 1. The van der Waals surface area contributed by atoms with Crippen LogP contribution in [0.2, 0.25) is 0 Å². The predicted octanol–water partition coefficient (Wildman–Crippen LogP) is 4.72. The number of rotatable bonds is 0. The van der Waals surface area contributed by atoms with Gasteiger partial charge in [0.2, 0.25) is 0 Å². The van der Waals surface area contributed by atoms with E-state index in [1.807, 2.05) is 0 Å². The summed E-state index contributed by atoms with van der Waals surface area (Å²) in [5.41, 5.74) is 1.66. The van der Waals surface area contributed by atoms with Gasteiger partial charge in [-0.25, -0.2) is 0 Å². The Labute approximate surface area is 133 Å². The van der Waals surface area contributed by atoms with E-state index in [4.69, 9.17) is 0 Å². The van der Waals surface area contributed by atoms with Gasteiger partial charge in [-0.15, -0.1) is 0 Å². The maximum absolute atomic E-state index is 12.9. The van der Waals surface area contributed by atoms with Crippen LogP contribution in [-0.2, 0) is 4.79 Å². The molecule has 4 rings (SSSR count). The van der Waals surface area contributed by atoms with Gasteiger partial charge in [0.05, 0.1) is 0 Å². The zero-order chi connectivity index (χ0) is 14.8. The molecule has 4 aliphatic rings. The van der Waals surface area contributed by atoms with Crippen molar-refractivity contribution in [2.45, 2.75) is 58.1 Å². The van der Waals surface area contributed by atoms with Crippen LogP contribution in [-0.4, -0.2) is 16.8 Å². The normalized spacial score (nSPS) is 52.7. The maximum atomic E-state index is 12.9. The standard InChI is InChI=1S/C19H28OS/c1-11-10-17(20)19(3)15(11)7-6-14-13-5-4-8-21-16(13)9-12(2)18(14)19/h6,11-13,15-16,18H,4-5,7-10H2,1-3H3. The fourth-order valence-corrected chi connectivity index (χ4v) is 7.93. The van der Waals surface area contributed by atoms with Crippen LogP contribution in [0.1, 0.15) is 52.9 Å². The second kappa shape index (κ2) is 4.88. The summed E-state index contributed by atoms with van der Waals surface area (Å²) < 4.78 is 0. The summed E-state index contributed by atoms with van der Waals surface area (Å²) in [5.74, 6) is 5.14. The van der Waals surface area contributed by atoms with Crippen LogP contribution in [0.4, 0.5) is 0 Å². The molecule has 0 N–H and O–H groups in total. The van der Waals surface area contributed by atoms with Gasteiger partial charge in [-0.3, -0.25) is 4.79 Å². The third-order valence-corrected chi connectivity index (χ3v) is 8.69. The summed E-state index contributed by atoms with van der Waals surface area (Å²) in [6, 6.07) is 0. The van der Waals surface area contributed by atoms with E-state index < -0.39 is 0 Å². The molecule has 0 bridgehead atoms. The summed E-state index contributed by atoms with van der Waals surface area (Å²) in [7, 11) is 0. The minimum atomic E-state index is -0.0456. The molecule has 0 amide bonds. The largest absolute Gasteiger partial charge is 0.299 e. The molecule has 0 aromatic rings. The fourth-order valence-electron chi connectivity index (χ4n) is 6.33. The van der Waals surface area contributed by atoms with Crippen LogP contribution < -0.4 is 0 Å². The Balaban J connectivity index is 1.77. The van der Waals surface area contributed by atoms with E-state index in [1.54, 1.807) is 5.57 Å². The number of Topliss-reactive ketones (excluding diaryl/α,β-unsaturated/α-hetero) is 1. The van der Waals surface area contributed by atoms with Crippen LogP contribution in [0, 0.1) is 35.0 Å². The lowest BCUT2D eigenvalue weighted by molar-refractivity contribution is -0.131. The number of thioether (sulfide) groups is 1. The molecule has 2 heteroatoms. The molecule has 3 aliphatic carbocycles. The van der Waals surface area contributed by atoms with Gasteiger partial charge < -0.3 is 0 Å². The highest BCUT2D eigenvalue weighted by atomic mass is 32.2. The number of carbonyl (C=O) groups is 1. The van der Waals surface area contributed by atoms with Crippen molar-refractivity contribution in [2.75, 3.05) is 5.75 Å². The topological polar surface area (TPSA) is 17.1 Å². The number of hydrogen-bond acceptors (Lipinski definition) is 2. The van der Waals surface area contributed by atoms with Crippen molar-refractivity contribution in [3.63, 3.8) is 0 Å². The maximum Gasteiger partial charge on any atom is 0.139 e. The van der Waals surface area contributed by atoms with Crippen LogP contribution in [0.3, 0.4) is 0 Å². The molecule has 21 heavy (non-hydrogen) atoms. The summed E-state index contributed by atoms with van der Waals surface area (Å²) in [4.78, 5) is 12.9. The van der Waals surface area contributed by atoms with Crippen molar-refractivity contribution < 1.29 is 4.79 Å². The van der Waals surface area contributed by atoms with Gasteiger partial charge in [-0.1, -0.05) is 32.4 Å². The van der Waals surface area contributed by atoms with E-state index in [2.05, 4.69) is 38.6 Å². The van der Waals surface area contributed by atoms with Gasteiger partial charge >= 0.3 is 0 Å². The molecule has 0 radical (unpaired) electrons. The lowest BCUT2D eigenvalue weighted by Crippen LogP contribution is -2.50. The average Bonchev–Trinajstić information content (AvgIpc) is 2.69. The molecule has 2 saturated carbocycles. The Kier molecular flexibility index (Phi) is 3.33. The Hall–Kier alpha value is -0.240. The lowest BCUT2D eigenvalue weighted by atomic mass is 9.52. The van der Waals surface area contributed by atoms with Crippen LogP contribution in [0.5, 0.6) is 0 Å². The number of fused-ring (bicyclic) bond motifs is 5. The summed E-state index contributed by atoms with van der Waals surface area (Å²) in [6.45, 7) is 7.06. The van der Waals surface area contributed by atoms with E-state index in [0.29, 0.717) is 29.5 Å². The lowest BCUT2D eigenvalue weighted by Gasteiger charge is -2.54. The molecule has 1 saturated heterocycles. The molecule has 116 valence electrons. The number of hydrogen-bond donors (Lipinski definition) is 0. The molecule has 1 heterocycles. The molecular formula is C19H28OS. The monoisotopic (exact) mass is 304 g/mol. The van der Waals surface area contributed by atoms with E-state index in [9.17, 15) is 4.79 Å². The van der Waals surface area contributed by atoms with E-state index in [1.165, 1.54) is 25.0 Å². The van der Waals surface area contributed by atoms with E-state index in [0.717, 1.165) is 24.0 Å². The molecule has 1 aliphatic heterocycles. The van der Waals surface area contributed by atoms with Gasteiger partial charge in [-0.2, -0.15) is 11.8 Å². The second-order valence-electron chi connectivity index (χ2n) is 8.28. The zero-order valence-electron chi connectivity index (χ0n) is 13.6. The van der Waals surface area contributed by atoms with Crippen molar-refractivity contribution in [3.8, 4) is 0 Å². The van der Waals surface area contributed by atoms with Crippen LogP contribution in [0.15, 0.2) is 11.6 Å². The van der Waals surface area contributed by atoms with Gasteiger partial charge in [0.15, 0.2) is 0 Å². The SMILES string of the molecule is CC1CC(=O)C2(C)C1CC=C1C3CCCSC3CC(C)C12.